The van der Waals surface area contributed by atoms with Gasteiger partial charge in [-0.2, -0.15) is 0 Å². The molecule has 1 amide bonds. The van der Waals surface area contributed by atoms with Gasteiger partial charge in [-0.15, -0.1) is 0 Å². The summed E-state index contributed by atoms with van der Waals surface area (Å²) >= 11 is 0. The zero-order valence-corrected chi connectivity index (χ0v) is 10.3. The first kappa shape index (κ1) is 12.9. The first-order valence-corrected chi connectivity index (χ1v) is 5.64. The number of phenols is 1. The van der Waals surface area contributed by atoms with Gasteiger partial charge in [0.25, 0.3) is 5.91 Å². The van der Waals surface area contributed by atoms with Crippen molar-refractivity contribution in [2.24, 2.45) is 0 Å². The number of aromatic hydroxyl groups is 1. The van der Waals surface area contributed by atoms with E-state index in [1.54, 1.807) is 13.0 Å². The molecule has 0 saturated carbocycles. The zero-order valence-electron chi connectivity index (χ0n) is 10.3. The number of rotatable bonds is 2. The lowest BCUT2D eigenvalue weighted by atomic mass is 10.1. The highest BCUT2D eigenvalue weighted by Gasteiger charge is 2.13. The lowest BCUT2D eigenvalue weighted by Crippen LogP contribution is -2.12. The molecule has 0 atom stereocenters. The first-order chi connectivity index (χ1) is 8.99. The average Bonchev–Trinajstić information content (AvgIpc) is 2.37. The molecule has 0 aliphatic carbocycles. The van der Waals surface area contributed by atoms with Crippen molar-refractivity contribution in [3.8, 4) is 5.75 Å². The second-order valence-corrected chi connectivity index (χ2v) is 4.16. The minimum absolute atomic E-state index is 0.0713. The highest BCUT2D eigenvalue weighted by molar-refractivity contribution is 6.07. The highest BCUT2D eigenvalue weighted by Crippen LogP contribution is 2.25. The number of nitrogens with two attached hydrogens (primary N) is 1. The van der Waals surface area contributed by atoms with Crippen LogP contribution in [0.2, 0.25) is 0 Å². The van der Waals surface area contributed by atoms with Crippen molar-refractivity contribution in [1.29, 1.82) is 0 Å². The van der Waals surface area contributed by atoms with Crippen molar-refractivity contribution in [1.82, 2.24) is 0 Å². The van der Waals surface area contributed by atoms with E-state index in [0.717, 1.165) is 0 Å². The molecule has 0 aromatic heterocycles. The molecule has 4 N–H and O–H groups in total. The number of aryl methyl sites for hydroxylation is 1. The normalized spacial score (nSPS) is 10.2. The molecule has 0 aliphatic heterocycles. The zero-order chi connectivity index (χ0) is 14.0. The lowest BCUT2D eigenvalue weighted by molar-refractivity contribution is 0.102. The number of phenolic OH excluding ortho intramolecular Hbond substituents is 1. The molecular weight excluding hydrogens is 247 g/mol. The number of hydrogen-bond donors (Lipinski definition) is 3. The molecule has 4 nitrogen and oxygen atoms in total. The minimum Gasteiger partial charge on any atom is -0.505 e. The van der Waals surface area contributed by atoms with Gasteiger partial charge in [0.15, 0.2) is 5.75 Å². The molecule has 0 aliphatic rings. The molecule has 0 bridgehead atoms. The van der Waals surface area contributed by atoms with Crippen LogP contribution < -0.4 is 11.1 Å². The van der Waals surface area contributed by atoms with E-state index in [1.165, 1.54) is 30.3 Å². The van der Waals surface area contributed by atoms with Crippen LogP contribution in [-0.2, 0) is 0 Å². The van der Waals surface area contributed by atoms with Crippen LogP contribution in [-0.4, -0.2) is 11.0 Å². The molecule has 2 aromatic carbocycles. The number of amides is 1. The molecule has 2 rings (SSSR count). The SMILES string of the molecule is Cc1cc(NC(=O)c2cccc(N)c2O)ccc1F. The Labute approximate surface area is 109 Å². The third-order valence-electron chi connectivity index (χ3n) is 2.73. The van der Waals surface area contributed by atoms with Gasteiger partial charge in [0.2, 0.25) is 0 Å². The predicted molar refractivity (Wildman–Crippen MR) is 71.6 cm³/mol. The lowest BCUT2D eigenvalue weighted by Gasteiger charge is -2.09. The molecule has 0 heterocycles. The van der Waals surface area contributed by atoms with Gasteiger partial charge in [-0.3, -0.25) is 4.79 Å². The fourth-order valence-electron chi connectivity index (χ4n) is 1.67. The van der Waals surface area contributed by atoms with Gasteiger partial charge < -0.3 is 16.2 Å². The van der Waals surface area contributed by atoms with Gasteiger partial charge >= 0.3 is 0 Å². The Bertz CT molecular complexity index is 641. The maximum atomic E-state index is 13.1. The summed E-state index contributed by atoms with van der Waals surface area (Å²) in [4.78, 5) is 12.0. The summed E-state index contributed by atoms with van der Waals surface area (Å²) in [6.45, 7) is 1.60. The molecule has 98 valence electrons. The topological polar surface area (TPSA) is 75.4 Å². The summed E-state index contributed by atoms with van der Waals surface area (Å²) in [5, 5.41) is 12.3. The summed E-state index contributed by atoms with van der Waals surface area (Å²) in [5.41, 5.74) is 6.59. The third kappa shape index (κ3) is 2.65. The molecule has 0 fully saturated rings. The Hall–Kier alpha value is -2.56. The van der Waals surface area contributed by atoms with Crippen molar-refractivity contribution < 1.29 is 14.3 Å². The Morgan fingerprint density at radius 1 is 1.32 bits per heavy atom. The number of halogens is 1. The van der Waals surface area contributed by atoms with Crippen LogP contribution in [0.5, 0.6) is 5.75 Å². The second kappa shape index (κ2) is 4.97. The number of para-hydroxylation sites is 1. The molecule has 5 heteroatoms. The molecular formula is C14H13FN2O2. The van der Waals surface area contributed by atoms with Crippen molar-refractivity contribution in [2.45, 2.75) is 6.92 Å². The second-order valence-electron chi connectivity index (χ2n) is 4.16. The average molecular weight is 260 g/mol. The minimum atomic E-state index is -0.504. The molecule has 0 saturated heterocycles. The third-order valence-corrected chi connectivity index (χ3v) is 2.73. The standard InChI is InChI=1S/C14H13FN2O2/c1-8-7-9(5-6-11(8)15)17-14(19)10-3-2-4-12(16)13(10)18/h2-7,18H,16H2,1H3,(H,17,19). The van der Waals surface area contributed by atoms with E-state index in [0.29, 0.717) is 11.3 Å². The monoisotopic (exact) mass is 260 g/mol. The highest BCUT2D eigenvalue weighted by atomic mass is 19.1. The molecule has 2 aromatic rings. The van der Waals surface area contributed by atoms with Crippen molar-refractivity contribution in [3.63, 3.8) is 0 Å². The number of carbonyl (C=O) groups is 1. The van der Waals surface area contributed by atoms with Gasteiger partial charge in [0.05, 0.1) is 11.3 Å². The van der Waals surface area contributed by atoms with Crippen LogP contribution in [0, 0.1) is 12.7 Å². The fourth-order valence-corrected chi connectivity index (χ4v) is 1.67. The van der Waals surface area contributed by atoms with Crippen LogP contribution in [0.25, 0.3) is 0 Å². The van der Waals surface area contributed by atoms with E-state index in [4.69, 9.17) is 5.73 Å². The number of nitrogens with one attached hydrogen (secondary N) is 1. The Kier molecular flexibility index (Phi) is 3.37. The quantitative estimate of drug-likeness (QED) is 0.574. The number of benzene rings is 2. The van der Waals surface area contributed by atoms with Crippen molar-refractivity contribution >= 4 is 17.3 Å². The number of carbonyl (C=O) groups excluding carboxylic acids is 1. The molecule has 0 spiro atoms. The maximum absolute atomic E-state index is 13.1. The van der Waals surface area contributed by atoms with Gasteiger partial charge in [0.1, 0.15) is 5.82 Å². The smallest absolute Gasteiger partial charge is 0.259 e. The van der Waals surface area contributed by atoms with Crippen LogP contribution in [0.4, 0.5) is 15.8 Å². The maximum Gasteiger partial charge on any atom is 0.259 e. The van der Waals surface area contributed by atoms with E-state index in [2.05, 4.69) is 5.32 Å². The predicted octanol–water partition coefficient (Wildman–Crippen LogP) is 2.67. The Balaban J connectivity index is 2.26. The largest absolute Gasteiger partial charge is 0.505 e. The van der Waals surface area contributed by atoms with Crippen LogP contribution in [0.3, 0.4) is 0 Å². The van der Waals surface area contributed by atoms with E-state index in [-0.39, 0.29) is 22.8 Å². The number of hydrogen-bond acceptors (Lipinski definition) is 3. The Morgan fingerprint density at radius 3 is 2.74 bits per heavy atom. The number of anilines is 2. The van der Waals surface area contributed by atoms with Gasteiger partial charge in [-0.1, -0.05) is 6.07 Å². The summed E-state index contributed by atoms with van der Waals surface area (Å²) in [7, 11) is 0. The van der Waals surface area contributed by atoms with Crippen molar-refractivity contribution in [3.05, 3.63) is 53.3 Å². The van der Waals surface area contributed by atoms with E-state index in [1.807, 2.05) is 0 Å². The van der Waals surface area contributed by atoms with E-state index in [9.17, 15) is 14.3 Å². The summed E-state index contributed by atoms with van der Waals surface area (Å²) in [6, 6.07) is 8.75. The summed E-state index contributed by atoms with van der Waals surface area (Å²) < 4.78 is 13.1. The molecule has 0 unspecified atom stereocenters. The first-order valence-electron chi connectivity index (χ1n) is 5.64. The fraction of sp³-hybridized carbons (Fsp3) is 0.0714. The van der Waals surface area contributed by atoms with Crippen molar-refractivity contribution in [2.75, 3.05) is 11.1 Å². The summed E-state index contributed by atoms with van der Waals surface area (Å²) in [6.07, 6.45) is 0. The van der Waals surface area contributed by atoms with Crippen LogP contribution in [0.1, 0.15) is 15.9 Å². The van der Waals surface area contributed by atoms with Crippen LogP contribution in [0.15, 0.2) is 36.4 Å². The van der Waals surface area contributed by atoms with Crippen LogP contribution >= 0.6 is 0 Å². The molecule has 19 heavy (non-hydrogen) atoms. The van der Waals surface area contributed by atoms with Gasteiger partial charge in [0, 0.05) is 5.69 Å². The van der Waals surface area contributed by atoms with E-state index < -0.39 is 5.91 Å². The van der Waals surface area contributed by atoms with Gasteiger partial charge in [-0.05, 0) is 42.8 Å². The molecule has 0 radical (unpaired) electrons. The van der Waals surface area contributed by atoms with Gasteiger partial charge in [-0.25, -0.2) is 4.39 Å². The number of nitrogen functional groups attached to an aromatic ring is 1. The van der Waals surface area contributed by atoms with E-state index >= 15 is 0 Å². The Morgan fingerprint density at radius 2 is 2.05 bits per heavy atom. The summed E-state index contributed by atoms with van der Waals surface area (Å²) in [5.74, 6) is -1.11.